The number of rotatable bonds is 5. The first-order valence-corrected chi connectivity index (χ1v) is 9.34. The van der Waals surface area contributed by atoms with Crippen LogP contribution in [0.4, 0.5) is 11.5 Å². The van der Waals surface area contributed by atoms with E-state index in [1.54, 1.807) is 13.0 Å². The number of amides is 1. The molecule has 1 aliphatic rings. The molecule has 0 fully saturated rings. The van der Waals surface area contributed by atoms with E-state index >= 15 is 0 Å². The summed E-state index contributed by atoms with van der Waals surface area (Å²) in [7, 11) is 0. The zero-order valence-electron chi connectivity index (χ0n) is 16.6. The number of ether oxygens (including phenoxy) is 2. The summed E-state index contributed by atoms with van der Waals surface area (Å²) in [5.74, 6) is 2.24. The van der Waals surface area contributed by atoms with Gasteiger partial charge in [-0.3, -0.25) is 4.79 Å². The Kier molecular flexibility index (Phi) is 5.03. The van der Waals surface area contributed by atoms with Crippen molar-refractivity contribution < 1.29 is 14.3 Å². The molecule has 3 aromatic rings. The van der Waals surface area contributed by atoms with Crippen molar-refractivity contribution in [3.63, 3.8) is 0 Å². The number of hydrogen-bond donors (Lipinski definition) is 2. The Bertz CT molecular complexity index is 1080. The SMILES string of the molecule is Cc1nc(Nc2ccc(C)c(C)c2)cc(C(=O)NCc2ccc3c(c2)OCO3)n1. The van der Waals surface area contributed by atoms with Crippen LogP contribution < -0.4 is 20.1 Å². The van der Waals surface area contributed by atoms with E-state index in [1.165, 1.54) is 11.1 Å². The molecule has 1 aromatic heterocycles. The number of carbonyl (C=O) groups is 1. The van der Waals surface area contributed by atoms with E-state index in [0.29, 0.717) is 35.4 Å². The van der Waals surface area contributed by atoms with Gasteiger partial charge >= 0.3 is 0 Å². The number of carbonyl (C=O) groups excluding carboxylic acids is 1. The first-order valence-electron chi connectivity index (χ1n) is 9.34. The second kappa shape index (κ2) is 7.79. The fraction of sp³-hybridized carbons (Fsp3) is 0.227. The first-order chi connectivity index (χ1) is 14.0. The minimum atomic E-state index is -0.267. The molecule has 0 saturated heterocycles. The number of aromatic nitrogens is 2. The summed E-state index contributed by atoms with van der Waals surface area (Å²) in [4.78, 5) is 21.3. The van der Waals surface area contributed by atoms with Gasteiger partial charge in [0.05, 0.1) is 0 Å². The zero-order chi connectivity index (χ0) is 20.4. The summed E-state index contributed by atoms with van der Waals surface area (Å²) in [5.41, 5.74) is 4.55. The lowest BCUT2D eigenvalue weighted by Crippen LogP contribution is -2.24. The van der Waals surface area contributed by atoms with Crippen LogP contribution in [0.1, 0.15) is 33.0 Å². The van der Waals surface area contributed by atoms with Crippen molar-refractivity contribution >= 4 is 17.4 Å². The quantitative estimate of drug-likeness (QED) is 0.689. The highest BCUT2D eigenvalue weighted by Crippen LogP contribution is 2.32. The van der Waals surface area contributed by atoms with Crippen LogP contribution in [0.3, 0.4) is 0 Å². The monoisotopic (exact) mass is 390 g/mol. The van der Waals surface area contributed by atoms with E-state index in [9.17, 15) is 4.79 Å². The highest BCUT2D eigenvalue weighted by Gasteiger charge is 2.15. The summed E-state index contributed by atoms with van der Waals surface area (Å²) in [6, 6.07) is 13.3. The van der Waals surface area contributed by atoms with Crippen LogP contribution in [-0.2, 0) is 6.54 Å². The third-order valence-electron chi connectivity index (χ3n) is 4.74. The van der Waals surface area contributed by atoms with Gasteiger partial charge in [0.15, 0.2) is 11.5 Å². The zero-order valence-corrected chi connectivity index (χ0v) is 16.6. The highest BCUT2D eigenvalue weighted by molar-refractivity contribution is 5.93. The van der Waals surface area contributed by atoms with E-state index < -0.39 is 0 Å². The molecule has 1 amide bonds. The van der Waals surface area contributed by atoms with Gasteiger partial charge in [0, 0.05) is 18.3 Å². The number of hydrogen-bond acceptors (Lipinski definition) is 6. The van der Waals surface area contributed by atoms with Crippen molar-refractivity contribution in [1.82, 2.24) is 15.3 Å². The summed E-state index contributed by atoms with van der Waals surface area (Å²) in [6.45, 7) is 6.47. The minimum absolute atomic E-state index is 0.224. The Morgan fingerprint density at radius 2 is 1.79 bits per heavy atom. The van der Waals surface area contributed by atoms with E-state index in [0.717, 1.165) is 11.3 Å². The van der Waals surface area contributed by atoms with E-state index in [4.69, 9.17) is 9.47 Å². The number of anilines is 2. The van der Waals surface area contributed by atoms with E-state index in [1.807, 2.05) is 36.4 Å². The normalized spacial score (nSPS) is 12.0. The fourth-order valence-electron chi connectivity index (χ4n) is 3.04. The third kappa shape index (κ3) is 4.29. The van der Waals surface area contributed by atoms with Gasteiger partial charge in [-0.2, -0.15) is 0 Å². The number of fused-ring (bicyclic) bond motifs is 1. The van der Waals surface area contributed by atoms with Crippen molar-refractivity contribution in [3.8, 4) is 11.5 Å². The molecule has 2 N–H and O–H groups in total. The highest BCUT2D eigenvalue weighted by atomic mass is 16.7. The second-order valence-electron chi connectivity index (χ2n) is 6.98. The van der Waals surface area contributed by atoms with Gasteiger partial charge in [0.1, 0.15) is 17.3 Å². The van der Waals surface area contributed by atoms with Gasteiger partial charge in [0.2, 0.25) is 6.79 Å². The van der Waals surface area contributed by atoms with Crippen molar-refractivity contribution in [3.05, 3.63) is 70.7 Å². The molecular weight excluding hydrogens is 368 g/mol. The van der Waals surface area contributed by atoms with Crippen molar-refractivity contribution in [2.45, 2.75) is 27.3 Å². The molecule has 0 aliphatic carbocycles. The number of nitrogens with one attached hydrogen (secondary N) is 2. The predicted molar refractivity (Wildman–Crippen MR) is 110 cm³/mol. The Labute approximate surface area is 169 Å². The molecule has 0 atom stereocenters. The fourth-order valence-corrected chi connectivity index (χ4v) is 3.04. The Hall–Kier alpha value is -3.61. The molecule has 148 valence electrons. The van der Waals surface area contributed by atoms with Crippen LogP contribution in [-0.4, -0.2) is 22.7 Å². The van der Waals surface area contributed by atoms with Crippen LogP contribution in [0.25, 0.3) is 0 Å². The molecule has 2 heterocycles. The Morgan fingerprint density at radius 3 is 2.62 bits per heavy atom. The van der Waals surface area contributed by atoms with Gasteiger partial charge in [-0.25, -0.2) is 9.97 Å². The van der Waals surface area contributed by atoms with Crippen LogP contribution in [0.5, 0.6) is 11.5 Å². The van der Waals surface area contributed by atoms with E-state index in [2.05, 4.69) is 34.4 Å². The lowest BCUT2D eigenvalue weighted by molar-refractivity contribution is 0.0945. The molecule has 4 rings (SSSR count). The summed E-state index contributed by atoms with van der Waals surface area (Å²) in [5, 5.41) is 6.14. The predicted octanol–water partition coefficient (Wildman–Crippen LogP) is 3.80. The van der Waals surface area contributed by atoms with E-state index in [-0.39, 0.29) is 12.7 Å². The first kappa shape index (κ1) is 18.7. The topological polar surface area (TPSA) is 85.4 Å². The molecule has 7 nitrogen and oxygen atoms in total. The lowest BCUT2D eigenvalue weighted by Gasteiger charge is -2.11. The van der Waals surface area contributed by atoms with Gasteiger partial charge in [-0.05, 0) is 61.7 Å². The number of aryl methyl sites for hydroxylation is 3. The smallest absolute Gasteiger partial charge is 0.270 e. The number of benzene rings is 2. The average Bonchev–Trinajstić information content (AvgIpc) is 3.16. The van der Waals surface area contributed by atoms with Crippen LogP contribution >= 0.6 is 0 Å². The third-order valence-corrected chi connectivity index (χ3v) is 4.74. The Balaban J connectivity index is 1.46. The maximum atomic E-state index is 12.6. The molecule has 29 heavy (non-hydrogen) atoms. The van der Waals surface area contributed by atoms with Crippen LogP contribution in [0.2, 0.25) is 0 Å². The molecule has 0 radical (unpaired) electrons. The largest absolute Gasteiger partial charge is 0.454 e. The standard InChI is InChI=1S/C22H22N4O3/c1-13-4-6-17(8-14(13)2)26-21-10-18(24-15(3)25-21)22(27)23-11-16-5-7-19-20(9-16)29-12-28-19/h4-10H,11-12H2,1-3H3,(H,23,27)(H,24,25,26). The van der Waals surface area contributed by atoms with Crippen LogP contribution in [0.15, 0.2) is 42.5 Å². The van der Waals surface area contributed by atoms with Crippen molar-refractivity contribution in [1.29, 1.82) is 0 Å². The minimum Gasteiger partial charge on any atom is -0.454 e. The summed E-state index contributed by atoms with van der Waals surface area (Å²) >= 11 is 0. The second-order valence-corrected chi connectivity index (χ2v) is 6.98. The molecular formula is C22H22N4O3. The lowest BCUT2D eigenvalue weighted by atomic mass is 10.1. The van der Waals surface area contributed by atoms with Crippen molar-refractivity contribution in [2.24, 2.45) is 0 Å². The average molecular weight is 390 g/mol. The van der Waals surface area contributed by atoms with Gasteiger partial charge in [-0.15, -0.1) is 0 Å². The molecule has 0 unspecified atom stereocenters. The molecule has 0 bridgehead atoms. The number of nitrogens with zero attached hydrogens (tertiary/aromatic N) is 2. The molecule has 0 spiro atoms. The molecule has 1 aliphatic heterocycles. The van der Waals surface area contributed by atoms with Gasteiger partial charge in [-0.1, -0.05) is 12.1 Å². The van der Waals surface area contributed by atoms with Crippen molar-refractivity contribution in [2.75, 3.05) is 12.1 Å². The summed E-state index contributed by atoms with van der Waals surface area (Å²) in [6.07, 6.45) is 0. The molecule has 0 saturated carbocycles. The summed E-state index contributed by atoms with van der Waals surface area (Å²) < 4.78 is 10.7. The molecule has 7 heteroatoms. The Morgan fingerprint density at radius 1 is 0.966 bits per heavy atom. The maximum Gasteiger partial charge on any atom is 0.270 e. The van der Waals surface area contributed by atoms with Gasteiger partial charge < -0.3 is 20.1 Å². The van der Waals surface area contributed by atoms with Crippen LogP contribution in [0, 0.1) is 20.8 Å². The van der Waals surface area contributed by atoms with Gasteiger partial charge in [0.25, 0.3) is 5.91 Å². The molecule has 2 aromatic carbocycles. The maximum absolute atomic E-state index is 12.6.